The van der Waals surface area contributed by atoms with E-state index in [9.17, 15) is 0 Å². The normalized spacial score (nSPS) is 11.1. The first kappa shape index (κ1) is 19.4. The van der Waals surface area contributed by atoms with Gasteiger partial charge in [0.15, 0.2) is 11.5 Å². The first-order valence-electron chi connectivity index (χ1n) is 7.91. The maximum Gasteiger partial charge on any atom is 0.216 e. The lowest BCUT2D eigenvalue weighted by Gasteiger charge is -2.13. The Hall–Kier alpha value is -2.35. The summed E-state index contributed by atoms with van der Waals surface area (Å²) in [6.07, 6.45) is 1.66. The van der Waals surface area contributed by atoms with Gasteiger partial charge < -0.3 is 9.47 Å². The van der Waals surface area contributed by atoms with Crippen molar-refractivity contribution in [3.63, 3.8) is 0 Å². The van der Waals surface area contributed by atoms with Crippen molar-refractivity contribution in [2.45, 2.75) is 13.5 Å². The van der Waals surface area contributed by atoms with Crippen LogP contribution in [0.1, 0.15) is 17.0 Å². The third-order valence-electron chi connectivity index (χ3n) is 3.76. The van der Waals surface area contributed by atoms with Gasteiger partial charge in [-0.15, -0.1) is 0 Å². The van der Waals surface area contributed by atoms with Gasteiger partial charge in [-0.05, 0) is 55.0 Å². The quantitative estimate of drug-likeness (QED) is 0.447. The summed E-state index contributed by atoms with van der Waals surface area (Å²) in [6.45, 7) is 2.03. The van der Waals surface area contributed by atoms with Crippen molar-refractivity contribution in [1.29, 1.82) is 0 Å². The molecule has 140 valence electrons. The highest BCUT2D eigenvalue weighted by Gasteiger charge is 2.10. The number of aryl methyl sites for hydroxylation is 1. The average molecular weight is 423 g/mol. The summed E-state index contributed by atoms with van der Waals surface area (Å²) in [7, 11) is 1.57. The van der Waals surface area contributed by atoms with Crippen molar-refractivity contribution in [3.05, 3.63) is 68.2 Å². The zero-order valence-electron chi connectivity index (χ0n) is 14.6. The Morgan fingerprint density at radius 3 is 2.59 bits per heavy atom. The first-order chi connectivity index (χ1) is 13.0. The summed E-state index contributed by atoms with van der Waals surface area (Å²) < 4.78 is 13.2. The third kappa shape index (κ3) is 4.50. The lowest BCUT2D eigenvalue weighted by atomic mass is 10.2. The van der Waals surface area contributed by atoms with E-state index in [0.29, 0.717) is 32.1 Å². The zero-order valence-corrected chi connectivity index (χ0v) is 16.9. The molecular weight excluding hydrogens is 407 g/mol. The maximum absolute atomic E-state index is 6.18. The van der Waals surface area contributed by atoms with Gasteiger partial charge in [0.25, 0.3) is 0 Å². The van der Waals surface area contributed by atoms with Crippen molar-refractivity contribution >= 4 is 41.6 Å². The van der Waals surface area contributed by atoms with Gasteiger partial charge in [-0.2, -0.15) is 14.9 Å². The number of nitrogens with zero attached hydrogens (tertiary/aromatic N) is 3. The summed E-state index contributed by atoms with van der Waals surface area (Å²) in [6, 6.07) is 10.8. The van der Waals surface area contributed by atoms with Gasteiger partial charge in [0.2, 0.25) is 4.77 Å². The van der Waals surface area contributed by atoms with Crippen molar-refractivity contribution in [2.24, 2.45) is 5.10 Å². The van der Waals surface area contributed by atoms with E-state index < -0.39 is 0 Å². The van der Waals surface area contributed by atoms with Crippen LogP contribution in [-0.2, 0) is 6.61 Å². The van der Waals surface area contributed by atoms with E-state index >= 15 is 0 Å². The van der Waals surface area contributed by atoms with E-state index in [1.807, 2.05) is 12.1 Å². The average Bonchev–Trinajstić information content (AvgIpc) is 2.98. The summed E-state index contributed by atoms with van der Waals surface area (Å²) in [4.78, 5) is 0. The molecule has 0 aliphatic rings. The predicted octanol–water partition coefficient (Wildman–Crippen LogP) is 5.03. The van der Waals surface area contributed by atoms with Crippen LogP contribution in [0.2, 0.25) is 10.0 Å². The minimum atomic E-state index is 0.228. The van der Waals surface area contributed by atoms with Gasteiger partial charge in [0, 0.05) is 15.6 Å². The molecule has 3 aromatic rings. The Labute approximate surface area is 171 Å². The lowest BCUT2D eigenvalue weighted by Crippen LogP contribution is -2.00. The zero-order chi connectivity index (χ0) is 19.4. The second-order valence-corrected chi connectivity index (χ2v) is 6.73. The highest BCUT2D eigenvalue weighted by Crippen LogP contribution is 2.31. The van der Waals surface area contributed by atoms with Gasteiger partial charge in [0.1, 0.15) is 12.4 Å². The van der Waals surface area contributed by atoms with Gasteiger partial charge in [-0.3, -0.25) is 5.10 Å². The second kappa shape index (κ2) is 8.56. The molecule has 0 spiro atoms. The Morgan fingerprint density at radius 1 is 1.22 bits per heavy atom. The van der Waals surface area contributed by atoms with Crippen LogP contribution in [0.4, 0.5) is 0 Å². The van der Waals surface area contributed by atoms with E-state index in [1.165, 1.54) is 4.68 Å². The molecule has 1 aromatic heterocycles. The smallest absolute Gasteiger partial charge is 0.216 e. The number of aromatic amines is 1. The van der Waals surface area contributed by atoms with Crippen LogP contribution in [0.25, 0.3) is 0 Å². The van der Waals surface area contributed by atoms with Crippen LogP contribution in [0, 0.1) is 11.7 Å². The molecule has 0 bridgehead atoms. The van der Waals surface area contributed by atoms with E-state index in [1.54, 1.807) is 44.5 Å². The molecule has 1 heterocycles. The van der Waals surface area contributed by atoms with Crippen LogP contribution < -0.4 is 9.47 Å². The molecule has 0 unspecified atom stereocenters. The number of nitrogens with one attached hydrogen (secondary N) is 1. The molecule has 2 aromatic carbocycles. The monoisotopic (exact) mass is 422 g/mol. The summed E-state index contributed by atoms with van der Waals surface area (Å²) in [5.41, 5.74) is 1.54. The predicted molar refractivity (Wildman–Crippen MR) is 109 cm³/mol. The highest BCUT2D eigenvalue weighted by atomic mass is 35.5. The van der Waals surface area contributed by atoms with E-state index in [2.05, 4.69) is 15.3 Å². The molecule has 6 nitrogen and oxygen atoms in total. The molecule has 0 atom stereocenters. The number of hydrogen-bond acceptors (Lipinski definition) is 5. The van der Waals surface area contributed by atoms with E-state index in [-0.39, 0.29) is 6.61 Å². The summed E-state index contributed by atoms with van der Waals surface area (Å²) in [5, 5.41) is 12.1. The largest absolute Gasteiger partial charge is 0.493 e. The SMILES string of the molecule is COc1cc(/C=N/n2c(C)n[nH]c2=S)ccc1OCc1c(Cl)cccc1Cl. The fourth-order valence-corrected chi connectivity index (χ4v) is 3.07. The molecule has 0 saturated heterocycles. The molecule has 0 aliphatic carbocycles. The van der Waals surface area contributed by atoms with Crippen molar-refractivity contribution in [3.8, 4) is 11.5 Å². The van der Waals surface area contributed by atoms with Gasteiger partial charge >= 0.3 is 0 Å². The molecule has 9 heteroatoms. The van der Waals surface area contributed by atoms with Crippen molar-refractivity contribution in [1.82, 2.24) is 14.9 Å². The molecule has 27 heavy (non-hydrogen) atoms. The molecule has 0 aliphatic heterocycles. The molecule has 0 amide bonds. The van der Waals surface area contributed by atoms with E-state index in [0.717, 1.165) is 11.1 Å². The van der Waals surface area contributed by atoms with Gasteiger partial charge in [0.05, 0.1) is 13.3 Å². The Kier molecular flexibility index (Phi) is 6.15. The number of aromatic nitrogens is 3. The second-order valence-electron chi connectivity index (χ2n) is 5.53. The third-order valence-corrected chi connectivity index (χ3v) is 4.73. The molecule has 0 saturated carbocycles. The van der Waals surface area contributed by atoms with Gasteiger partial charge in [-0.1, -0.05) is 29.3 Å². The van der Waals surface area contributed by atoms with Crippen LogP contribution in [-0.4, -0.2) is 28.2 Å². The first-order valence-corrected chi connectivity index (χ1v) is 9.08. The highest BCUT2D eigenvalue weighted by molar-refractivity contribution is 7.71. The number of benzene rings is 2. The maximum atomic E-state index is 6.18. The summed E-state index contributed by atoms with van der Waals surface area (Å²) in [5.74, 6) is 1.80. The minimum absolute atomic E-state index is 0.228. The molecular formula is C18H16Cl2N4O2S. The molecule has 0 fully saturated rings. The number of methoxy groups -OCH3 is 1. The van der Waals surface area contributed by atoms with Crippen LogP contribution in [0.3, 0.4) is 0 Å². The standard InChI is InChI=1S/C18H16Cl2N4O2S/c1-11-22-23-18(27)24(11)21-9-12-6-7-16(17(8-12)25-2)26-10-13-14(19)4-3-5-15(13)20/h3-9H,10H2,1-2H3,(H,23,27)/b21-9+. The molecule has 0 radical (unpaired) electrons. The Morgan fingerprint density at radius 2 is 1.96 bits per heavy atom. The number of rotatable bonds is 6. The molecule has 1 N–H and O–H groups in total. The fraction of sp³-hybridized carbons (Fsp3) is 0.167. The van der Waals surface area contributed by atoms with E-state index in [4.69, 9.17) is 44.9 Å². The number of ether oxygens (including phenoxy) is 2. The van der Waals surface area contributed by atoms with Crippen molar-refractivity contribution in [2.75, 3.05) is 7.11 Å². The topological polar surface area (TPSA) is 64.4 Å². The van der Waals surface area contributed by atoms with Crippen LogP contribution >= 0.6 is 35.4 Å². The summed E-state index contributed by atoms with van der Waals surface area (Å²) >= 11 is 17.5. The van der Waals surface area contributed by atoms with Gasteiger partial charge in [-0.25, -0.2) is 0 Å². The Balaban J connectivity index is 1.79. The number of hydrogen-bond donors (Lipinski definition) is 1. The van der Waals surface area contributed by atoms with Crippen LogP contribution in [0.15, 0.2) is 41.5 Å². The van der Waals surface area contributed by atoms with Crippen molar-refractivity contribution < 1.29 is 9.47 Å². The van der Waals surface area contributed by atoms with Crippen LogP contribution in [0.5, 0.6) is 11.5 Å². The number of H-pyrrole nitrogens is 1. The Bertz CT molecular complexity index is 1030. The molecule has 3 rings (SSSR count). The fourth-order valence-electron chi connectivity index (χ4n) is 2.33. The lowest BCUT2D eigenvalue weighted by molar-refractivity contribution is 0.284. The number of halogens is 2. The minimum Gasteiger partial charge on any atom is -0.493 e.